The van der Waals surface area contributed by atoms with Crippen molar-refractivity contribution in [1.82, 2.24) is 9.55 Å². The maximum absolute atomic E-state index is 10.8. The van der Waals surface area contributed by atoms with Gasteiger partial charge < -0.3 is 5.73 Å². The molecule has 0 atom stereocenters. The average Bonchev–Trinajstić information content (AvgIpc) is 1.88. The Morgan fingerprint density at radius 2 is 2.60 bits per heavy atom. The molecule has 0 bridgehead atoms. The van der Waals surface area contributed by atoms with Crippen molar-refractivity contribution in [3.8, 4) is 0 Å². The lowest BCUT2D eigenvalue weighted by Crippen LogP contribution is -2.22. The van der Waals surface area contributed by atoms with Crippen LogP contribution in [0.1, 0.15) is 6.92 Å². The second-order valence-corrected chi connectivity index (χ2v) is 1.84. The fourth-order valence-corrected chi connectivity index (χ4v) is 0.625. The van der Waals surface area contributed by atoms with Crippen molar-refractivity contribution in [3.63, 3.8) is 0 Å². The molecule has 0 spiro atoms. The van der Waals surface area contributed by atoms with Crippen LogP contribution in [0.5, 0.6) is 0 Å². The van der Waals surface area contributed by atoms with Crippen LogP contribution in [0, 0.1) is 6.07 Å². The number of hydrogen-bond acceptors (Lipinski definition) is 3. The fourth-order valence-electron chi connectivity index (χ4n) is 0.625. The van der Waals surface area contributed by atoms with E-state index in [1.54, 1.807) is 0 Å². The molecule has 1 aromatic rings. The number of aromatic nitrogens is 2. The van der Waals surface area contributed by atoms with Crippen LogP contribution in [0.15, 0.2) is 11.0 Å². The lowest BCUT2D eigenvalue weighted by atomic mass is 10.6. The third-order valence-electron chi connectivity index (χ3n) is 1.17. The zero-order chi connectivity index (χ0) is 7.56. The van der Waals surface area contributed by atoms with E-state index in [-0.39, 0.29) is 11.5 Å². The monoisotopic (exact) mass is 138 g/mol. The molecule has 1 aromatic heterocycles. The summed E-state index contributed by atoms with van der Waals surface area (Å²) in [5, 5.41) is 0. The van der Waals surface area contributed by atoms with Crippen molar-refractivity contribution >= 4 is 5.82 Å². The summed E-state index contributed by atoms with van der Waals surface area (Å²) in [5.41, 5.74) is 4.88. The minimum atomic E-state index is -0.321. The van der Waals surface area contributed by atoms with Gasteiger partial charge in [0.1, 0.15) is 5.82 Å². The molecule has 0 saturated carbocycles. The molecule has 0 aliphatic rings. The van der Waals surface area contributed by atoms with E-state index in [1.165, 1.54) is 10.8 Å². The lowest BCUT2D eigenvalue weighted by Gasteiger charge is -1.97. The molecule has 1 rings (SSSR count). The Morgan fingerprint density at radius 3 is 3.10 bits per heavy atom. The van der Waals surface area contributed by atoms with Crippen molar-refractivity contribution in [2.75, 3.05) is 5.73 Å². The van der Waals surface area contributed by atoms with Gasteiger partial charge in [-0.05, 0) is 6.92 Å². The summed E-state index contributed by atoms with van der Waals surface area (Å²) in [4.78, 5) is 14.3. The van der Waals surface area contributed by atoms with Gasteiger partial charge in [-0.3, -0.25) is 4.57 Å². The molecule has 0 saturated heterocycles. The number of aryl methyl sites for hydroxylation is 1. The van der Waals surface area contributed by atoms with Crippen molar-refractivity contribution in [2.24, 2.45) is 0 Å². The van der Waals surface area contributed by atoms with Crippen LogP contribution in [0.2, 0.25) is 0 Å². The van der Waals surface area contributed by atoms with Gasteiger partial charge in [0.2, 0.25) is 0 Å². The Hall–Kier alpha value is -1.32. The van der Waals surface area contributed by atoms with Gasteiger partial charge in [0.05, 0.1) is 0 Å². The van der Waals surface area contributed by atoms with Crippen LogP contribution < -0.4 is 11.4 Å². The fraction of sp³-hybridized carbons (Fsp3) is 0.333. The molecule has 0 amide bonds. The van der Waals surface area contributed by atoms with E-state index in [9.17, 15) is 4.79 Å². The average molecular weight is 138 g/mol. The highest BCUT2D eigenvalue weighted by Crippen LogP contribution is 1.86. The number of nitrogen functional groups attached to an aromatic ring is 1. The zero-order valence-corrected chi connectivity index (χ0v) is 5.66. The first kappa shape index (κ1) is 6.80. The van der Waals surface area contributed by atoms with Gasteiger partial charge in [0, 0.05) is 18.8 Å². The van der Waals surface area contributed by atoms with Crippen molar-refractivity contribution in [1.29, 1.82) is 0 Å². The van der Waals surface area contributed by atoms with E-state index in [1.807, 2.05) is 6.92 Å². The summed E-state index contributed by atoms with van der Waals surface area (Å²) in [7, 11) is 0. The molecule has 0 aliphatic heterocycles. The SMILES string of the molecule is CCn1c[c]c(N)nc1=O. The first-order valence-electron chi connectivity index (χ1n) is 2.98. The van der Waals surface area contributed by atoms with Crippen molar-refractivity contribution < 1.29 is 0 Å². The third kappa shape index (κ3) is 1.15. The van der Waals surface area contributed by atoms with E-state index in [4.69, 9.17) is 5.73 Å². The maximum atomic E-state index is 10.8. The van der Waals surface area contributed by atoms with Crippen molar-refractivity contribution in [3.05, 3.63) is 22.7 Å². The summed E-state index contributed by atoms with van der Waals surface area (Å²) < 4.78 is 1.43. The Kier molecular flexibility index (Phi) is 1.71. The van der Waals surface area contributed by atoms with Gasteiger partial charge in [-0.25, -0.2) is 4.79 Å². The minimum Gasteiger partial charge on any atom is -0.383 e. The highest BCUT2D eigenvalue weighted by atomic mass is 16.1. The normalized spacial score (nSPS) is 9.70. The van der Waals surface area contributed by atoms with Crippen molar-refractivity contribution in [2.45, 2.75) is 13.5 Å². The molecule has 53 valence electrons. The van der Waals surface area contributed by atoms with Gasteiger partial charge in [0.15, 0.2) is 0 Å². The molecular weight excluding hydrogens is 130 g/mol. The Balaban J connectivity index is 3.20. The lowest BCUT2D eigenvalue weighted by molar-refractivity contribution is 0.700. The second kappa shape index (κ2) is 2.51. The molecule has 2 N–H and O–H groups in total. The quantitative estimate of drug-likeness (QED) is 0.576. The summed E-state index contributed by atoms with van der Waals surface area (Å²) >= 11 is 0. The second-order valence-electron chi connectivity index (χ2n) is 1.84. The van der Waals surface area contributed by atoms with Gasteiger partial charge in [-0.1, -0.05) is 0 Å². The highest BCUT2D eigenvalue weighted by Gasteiger charge is 1.92. The predicted octanol–water partition coefficient (Wildman–Crippen LogP) is -0.354. The third-order valence-corrected chi connectivity index (χ3v) is 1.17. The minimum absolute atomic E-state index is 0.148. The maximum Gasteiger partial charge on any atom is 0.349 e. The Morgan fingerprint density at radius 1 is 1.90 bits per heavy atom. The van der Waals surface area contributed by atoms with E-state index in [0.29, 0.717) is 6.54 Å². The van der Waals surface area contributed by atoms with E-state index in [2.05, 4.69) is 11.1 Å². The molecule has 0 aromatic carbocycles. The summed E-state index contributed by atoms with van der Waals surface area (Å²) in [6.07, 6.45) is 1.50. The van der Waals surface area contributed by atoms with Gasteiger partial charge in [-0.2, -0.15) is 4.98 Å². The van der Waals surface area contributed by atoms with E-state index < -0.39 is 0 Å². The van der Waals surface area contributed by atoms with Crippen LogP contribution in [0.3, 0.4) is 0 Å². The number of nitrogens with two attached hydrogens (primary N) is 1. The number of nitrogens with zero attached hydrogens (tertiary/aromatic N) is 2. The van der Waals surface area contributed by atoms with Crippen LogP contribution >= 0.6 is 0 Å². The molecule has 10 heavy (non-hydrogen) atoms. The van der Waals surface area contributed by atoms with Crippen LogP contribution in [-0.2, 0) is 6.54 Å². The first-order chi connectivity index (χ1) is 4.74. The van der Waals surface area contributed by atoms with Gasteiger partial charge in [0.25, 0.3) is 0 Å². The number of anilines is 1. The van der Waals surface area contributed by atoms with E-state index in [0.717, 1.165) is 0 Å². The largest absolute Gasteiger partial charge is 0.383 e. The molecule has 0 unspecified atom stereocenters. The molecular formula is C6H8N3O. The topological polar surface area (TPSA) is 60.9 Å². The molecule has 4 heteroatoms. The van der Waals surface area contributed by atoms with Crippen LogP contribution in [-0.4, -0.2) is 9.55 Å². The molecule has 1 heterocycles. The number of rotatable bonds is 1. The summed E-state index contributed by atoms with van der Waals surface area (Å²) in [5.74, 6) is 0.148. The standard InChI is InChI=1S/C6H8N3O/c1-2-9-4-3-5(7)8-6(9)10/h4H,2H2,1H3,(H2,7,8,10). The zero-order valence-electron chi connectivity index (χ0n) is 5.66. The molecule has 0 fully saturated rings. The van der Waals surface area contributed by atoms with Crippen LogP contribution in [0.25, 0.3) is 0 Å². The summed E-state index contributed by atoms with van der Waals surface area (Å²) in [6, 6.07) is 2.62. The molecule has 4 nitrogen and oxygen atoms in total. The van der Waals surface area contributed by atoms with E-state index >= 15 is 0 Å². The summed E-state index contributed by atoms with van der Waals surface area (Å²) in [6.45, 7) is 2.45. The van der Waals surface area contributed by atoms with Crippen LogP contribution in [0.4, 0.5) is 5.82 Å². The number of hydrogen-bond donors (Lipinski definition) is 1. The first-order valence-corrected chi connectivity index (χ1v) is 2.98. The Labute approximate surface area is 58.3 Å². The molecule has 0 aliphatic carbocycles. The predicted molar refractivity (Wildman–Crippen MR) is 37.4 cm³/mol. The smallest absolute Gasteiger partial charge is 0.349 e. The van der Waals surface area contributed by atoms with Gasteiger partial charge in [-0.15, -0.1) is 0 Å². The highest BCUT2D eigenvalue weighted by molar-refractivity contribution is 5.21. The Bertz CT molecular complexity index is 279. The molecule has 1 radical (unpaired) electrons. The van der Waals surface area contributed by atoms with Gasteiger partial charge >= 0.3 is 5.69 Å².